The molecular formula is C16H26N2S. The second-order valence-electron chi connectivity index (χ2n) is 6.12. The van der Waals surface area contributed by atoms with Gasteiger partial charge in [0.05, 0.1) is 0 Å². The molecule has 0 spiro atoms. The van der Waals surface area contributed by atoms with Gasteiger partial charge in [0.1, 0.15) is 0 Å². The summed E-state index contributed by atoms with van der Waals surface area (Å²) in [6.45, 7) is 6.04. The van der Waals surface area contributed by atoms with Crippen molar-refractivity contribution in [2.45, 2.75) is 51.1 Å². The van der Waals surface area contributed by atoms with Crippen LogP contribution >= 0.6 is 11.3 Å². The monoisotopic (exact) mass is 278 g/mol. The van der Waals surface area contributed by atoms with Gasteiger partial charge in [-0.1, -0.05) is 19.4 Å². The molecule has 2 unspecified atom stereocenters. The molecule has 3 rings (SSSR count). The van der Waals surface area contributed by atoms with Crippen LogP contribution in [-0.4, -0.2) is 36.6 Å². The van der Waals surface area contributed by atoms with Crippen LogP contribution in [0.1, 0.15) is 37.5 Å². The van der Waals surface area contributed by atoms with E-state index in [0.717, 1.165) is 18.0 Å². The number of rotatable bonds is 6. The van der Waals surface area contributed by atoms with Gasteiger partial charge in [0.25, 0.3) is 0 Å². The third-order valence-corrected chi connectivity index (χ3v) is 5.54. The third-order valence-electron chi connectivity index (χ3n) is 4.60. The highest BCUT2D eigenvalue weighted by Crippen LogP contribution is 2.34. The lowest BCUT2D eigenvalue weighted by molar-refractivity contribution is 0.117. The fourth-order valence-electron chi connectivity index (χ4n) is 3.30. The predicted octanol–water partition coefficient (Wildman–Crippen LogP) is 3.14. The molecule has 2 aliphatic rings. The number of thiophene rings is 1. The van der Waals surface area contributed by atoms with Gasteiger partial charge in [-0.05, 0) is 43.0 Å². The van der Waals surface area contributed by atoms with Crippen LogP contribution in [0.5, 0.6) is 0 Å². The molecule has 2 fully saturated rings. The third kappa shape index (κ3) is 3.59. The number of hydrogen-bond acceptors (Lipinski definition) is 3. The molecule has 3 heteroatoms. The van der Waals surface area contributed by atoms with Crippen molar-refractivity contribution in [1.82, 2.24) is 10.2 Å². The molecule has 106 valence electrons. The van der Waals surface area contributed by atoms with Crippen molar-refractivity contribution in [3.05, 3.63) is 22.4 Å². The average Bonchev–Trinajstić information content (AvgIpc) is 3.15. The Kier molecular flexibility index (Phi) is 4.57. The van der Waals surface area contributed by atoms with Crippen molar-refractivity contribution in [2.24, 2.45) is 5.92 Å². The fourth-order valence-corrected chi connectivity index (χ4v) is 4.00. The van der Waals surface area contributed by atoms with Crippen LogP contribution < -0.4 is 5.32 Å². The first kappa shape index (κ1) is 13.6. The maximum atomic E-state index is 3.80. The van der Waals surface area contributed by atoms with Crippen LogP contribution in [0.2, 0.25) is 0 Å². The van der Waals surface area contributed by atoms with E-state index in [2.05, 4.69) is 34.7 Å². The van der Waals surface area contributed by atoms with Gasteiger partial charge in [0.15, 0.2) is 0 Å². The Morgan fingerprint density at radius 3 is 3.00 bits per heavy atom. The smallest absolute Gasteiger partial charge is 0.0224 e. The molecule has 0 aromatic carbocycles. The quantitative estimate of drug-likeness (QED) is 0.860. The van der Waals surface area contributed by atoms with E-state index in [4.69, 9.17) is 0 Å². The largest absolute Gasteiger partial charge is 0.311 e. The van der Waals surface area contributed by atoms with Gasteiger partial charge in [0, 0.05) is 36.6 Å². The van der Waals surface area contributed by atoms with E-state index in [1.165, 1.54) is 56.6 Å². The van der Waals surface area contributed by atoms with E-state index in [1.807, 2.05) is 11.3 Å². The molecule has 0 bridgehead atoms. The Balaban J connectivity index is 1.56. The summed E-state index contributed by atoms with van der Waals surface area (Å²) in [6.07, 6.45) is 6.78. The normalized spacial score (nSPS) is 28.7. The van der Waals surface area contributed by atoms with Gasteiger partial charge in [-0.25, -0.2) is 0 Å². The molecule has 0 amide bonds. The molecule has 1 saturated heterocycles. The second kappa shape index (κ2) is 6.38. The summed E-state index contributed by atoms with van der Waals surface area (Å²) >= 11 is 1.90. The maximum Gasteiger partial charge on any atom is 0.0224 e. The van der Waals surface area contributed by atoms with Gasteiger partial charge in [0.2, 0.25) is 0 Å². The van der Waals surface area contributed by atoms with E-state index >= 15 is 0 Å². The first-order chi connectivity index (χ1) is 9.36. The fraction of sp³-hybridized carbons (Fsp3) is 0.750. The van der Waals surface area contributed by atoms with Gasteiger partial charge in [-0.2, -0.15) is 0 Å². The number of nitrogens with zero attached hydrogens (tertiary/aromatic N) is 1. The lowest BCUT2D eigenvalue weighted by Crippen LogP contribution is -2.57. The Labute approximate surface area is 121 Å². The molecule has 2 heterocycles. The summed E-state index contributed by atoms with van der Waals surface area (Å²) in [7, 11) is 0. The topological polar surface area (TPSA) is 15.3 Å². The average molecular weight is 278 g/mol. The van der Waals surface area contributed by atoms with Gasteiger partial charge in [-0.3, -0.25) is 4.90 Å². The SMILES string of the molecule is CCCC1CNC(C2CC2)CN1CCc1cccs1. The minimum Gasteiger partial charge on any atom is -0.311 e. The lowest BCUT2D eigenvalue weighted by atomic mass is 10.0. The van der Waals surface area contributed by atoms with E-state index in [1.54, 1.807) is 0 Å². The molecule has 2 atom stereocenters. The zero-order chi connectivity index (χ0) is 13.1. The summed E-state index contributed by atoms with van der Waals surface area (Å²) in [4.78, 5) is 4.31. The molecule has 19 heavy (non-hydrogen) atoms. The summed E-state index contributed by atoms with van der Waals surface area (Å²) in [5.41, 5.74) is 0. The molecule has 2 nitrogen and oxygen atoms in total. The van der Waals surface area contributed by atoms with Gasteiger partial charge >= 0.3 is 0 Å². The van der Waals surface area contributed by atoms with Crippen LogP contribution in [0.25, 0.3) is 0 Å². The zero-order valence-corrected chi connectivity index (χ0v) is 12.8. The Morgan fingerprint density at radius 2 is 2.32 bits per heavy atom. The van der Waals surface area contributed by atoms with Crippen LogP contribution in [0.4, 0.5) is 0 Å². The van der Waals surface area contributed by atoms with Crippen LogP contribution in [0, 0.1) is 5.92 Å². The highest BCUT2D eigenvalue weighted by Gasteiger charge is 2.36. The Morgan fingerprint density at radius 1 is 1.42 bits per heavy atom. The summed E-state index contributed by atoms with van der Waals surface area (Å²) in [6, 6.07) is 5.99. The first-order valence-corrected chi connectivity index (χ1v) is 8.74. The first-order valence-electron chi connectivity index (χ1n) is 7.86. The molecule has 1 aromatic rings. The van der Waals surface area contributed by atoms with Crippen molar-refractivity contribution in [2.75, 3.05) is 19.6 Å². The number of nitrogens with one attached hydrogen (secondary N) is 1. The maximum absolute atomic E-state index is 3.80. The van der Waals surface area contributed by atoms with Crippen LogP contribution in [0.15, 0.2) is 17.5 Å². The predicted molar refractivity (Wildman–Crippen MR) is 82.8 cm³/mol. The lowest BCUT2D eigenvalue weighted by Gasteiger charge is -2.40. The van der Waals surface area contributed by atoms with Crippen molar-refractivity contribution < 1.29 is 0 Å². The number of hydrogen-bond donors (Lipinski definition) is 1. The summed E-state index contributed by atoms with van der Waals surface area (Å²) in [5, 5.41) is 6.00. The summed E-state index contributed by atoms with van der Waals surface area (Å²) < 4.78 is 0. The van der Waals surface area contributed by atoms with Crippen molar-refractivity contribution in [3.8, 4) is 0 Å². The van der Waals surface area contributed by atoms with Gasteiger partial charge < -0.3 is 5.32 Å². The minimum atomic E-state index is 0.764. The number of piperazine rings is 1. The van der Waals surface area contributed by atoms with E-state index in [-0.39, 0.29) is 0 Å². The Bertz CT molecular complexity index is 372. The highest BCUT2D eigenvalue weighted by molar-refractivity contribution is 7.09. The standard InChI is InChI=1S/C16H26N2S/c1-2-4-14-11-17-16(13-6-7-13)12-18(14)9-8-15-5-3-10-19-15/h3,5,10,13-14,16-17H,2,4,6-9,11-12H2,1H3. The minimum absolute atomic E-state index is 0.764. The molecule has 1 saturated carbocycles. The van der Waals surface area contributed by atoms with Crippen LogP contribution in [0.3, 0.4) is 0 Å². The Hall–Kier alpha value is -0.380. The molecule has 1 N–H and O–H groups in total. The molecular weight excluding hydrogens is 252 g/mol. The van der Waals surface area contributed by atoms with E-state index in [0.29, 0.717) is 0 Å². The van der Waals surface area contributed by atoms with Gasteiger partial charge in [-0.15, -0.1) is 11.3 Å². The van der Waals surface area contributed by atoms with E-state index < -0.39 is 0 Å². The van der Waals surface area contributed by atoms with Crippen LogP contribution in [-0.2, 0) is 6.42 Å². The molecule has 0 radical (unpaired) electrons. The second-order valence-corrected chi connectivity index (χ2v) is 7.15. The molecule has 1 aliphatic carbocycles. The molecule has 1 aromatic heterocycles. The van der Waals surface area contributed by atoms with Crippen molar-refractivity contribution in [1.29, 1.82) is 0 Å². The molecule has 1 aliphatic heterocycles. The summed E-state index contributed by atoms with van der Waals surface area (Å²) in [5.74, 6) is 0.979. The van der Waals surface area contributed by atoms with E-state index in [9.17, 15) is 0 Å². The van der Waals surface area contributed by atoms with Crippen molar-refractivity contribution >= 4 is 11.3 Å². The highest BCUT2D eigenvalue weighted by atomic mass is 32.1. The zero-order valence-electron chi connectivity index (χ0n) is 12.0. The van der Waals surface area contributed by atoms with Crippen molar-refractivity contribution in [3.63, 3.8) is 0 Å².